The minimum Gasteiger partial charge on any atom is -0.394 e. The molecule has 25 atom stereocenters. The fourth-order valence-electron chi connectivity index (χ4n) is 7.33. The standard InChI is InChI=1S/C32H55NO26/c1-7(38)33-13-17(42)25(58-31-22(47)19(44)15(40)9(3-35)54-31)10(4-36)55-29(13)57-26-11(5-37)56-32(23(48)20(26)45)59-27-16(41)12(52-28(50)24(27)49)6-51-30-21(46)18(43)14(39)8(2-34)53-30/h8-32,34-37,39-50H,2-6H2,1H3,(H,33,38)/t8-,9-,10-,11-,12-,13-,14-,15+,16-,17-,18+,19+,20-,21+,22-,23+,24+,25-,26-,27+,28?,29+,30+,31+,32-/m1/s1. The number of aliphatic hydroxyl groups excluding tert-OH is 16. The summed E-state index contributed by atoms with van der Waals surface area (Å²) in [5.74, 6) is -0.777. The van der Waals surface area contributed by atoms with Crippen LogP contribution in [0.4, 0.5) is 0 Å². The molecule has 1 amide bonds. The number of hydrogen-bond donors (Lipinski definition) is 17. The Morgan fingerprint density at radius 3 is 1.39 bits per heavy atom. The van der Waals surface area contributed by atoms with E-state index in [-0.39, 0.29) is 0 Å². The van der Waals surface area contributed by atoms with Gasteiger partial charge in [0.1, 0.15) is 122 Å². The van der Waals surface area contributed by atoms with Crippen LogP contribution in [-0.4, -0.2) is 274 Å². The van der Waals surface area contributed by atoms with Crippen LogP contribution in [0.15, 0.2) is 0 Å². The lowest BCUT2D eigenvalue weighted by Gasteiger charge is -2.49. The van der Waals surface area contributed by atoms with Crippen LogP contribution in [0.25, 0.3) is 0 Å². The van der Waals surface area contributed by atoms with E-state index in [1.165, 1.54) is 0 Å². The molecule has 0 spiro atoms. The Morgan fingerprint density at radius 1 is 0.441 bits per heavy atom. The smallest absolute Gasteiger partial charge is 0.217 e. The predicted molar refractivity (Wildman–Crippen MR) is 178 cm³/mol. The maximum atomic E-state index is 12.2. The van der Waals surface area contributed by atoms with Crippen molar-refractivity contribution in [3.8, 4) is 0 Å². The molecule has 27 heteroatoms. The van der Waals surface area contributed by atoms with Crippen molar-refractivity contribution in [1.29, 1.82) is 0 Å². The molecular formula is C32H55NO26. The Hall–Kier alpha value is -1.53. The third-order valence-electron chi connectivity index (χ3n) is 10.7. The third-order valence-corrected chi connectivity index (χ3v) is 10.7. The second kappa shape index (κ2) is 20.8. The minimum atomic E-state index is -2.14. The maximum Gasteiger partial charge on any atom is 0.217 e. The number of nitrogens with one attached hydrogen (secondary N) is 1. The van der Waals surface area contributed by atoms with Crippen molar-refractivity contribution in [2.75, 3.05) is 33.0 Å². The summed E-state index contributed by atoms with van der Waals surface area (Å²) in [4.78, 5) is 12.2. The first-order valence-corrected chi connectivity index (χ1v) is 18.6. The minimum absolute atomic E-state index is 0.731. The van der Waals surface area contributed by atoms with Crippen molar-refractivity contribution >= 4 is 5.91 Å². The van der Waals surface area contributed by atoms with E-state index in [4.69, 9.17) is 42.6 Å². The number of carbonyl (C=O) groups excluding carboxylic acids is 1. The van der Waals surface area contributed by atoms with E-state index in [1.54, 1.807) is 0 Å². The molecule has 5 aliphatic rings. The van der Waals surface area contributed by atoms with Crippen LogP contribution in [0.1, 0.15) is 6.92 Å². The van der Waals surface area contributed by atoms with Crippen molar-refractivity contribution in [2.45, 2.75) is 160 Å². The first-order chi connectivity index (χ1) is 27.9. The molecule has 0 aromatic heterocycles. The van der Waals surface area contributed by atoms with Crippen LogP contribution in [0.5, 0.6) is 0 Å². The maximum absolute atomic E-state index is 12.2. The topological polar surface area (TPSA) is 436 Å². The lowest BCUT2D eigenvalue weighted by molar-refractivity contribution is -0.381. The zero-order valence-electron chi connectivity index (χ0n) is 31.2. The molecule has 0 aliphatic carbocycles. The Bertz CT molecular complexity index is 1320. The van der Waals surface area contributed by atoms with E-state index in [1.807, 2.05) is 0 Å². The van der Waals surface area contributed by atoms with Crippen molar-refractivity contribution in [2.24, 2.45) is 0 Å². The molecular weight excluding hydrogens is 814 g/mol. The van der Waals surface area contributed by atoms with Gasteiger partial charge in [0.15, 0.2) is 31.5 Å². The molecule has 59 heavy (non-hydrogen) atoms. The monoisotopic (exact) mass is 869 g/mol. The van der Waals surface area contributed by atoms with Gasteiger partial charge in [0.25, 0.3) is 0 Å². The number of ether oxygens (including phenoxy) is 9. The first-order valence-electron chi connectivity index (χ1n) is 18.6. The Morgan fingerprint density at radius 2 is 0.864 bits per heavy atom. The normalized spacial score (nSPS) is 51.0. The summed E-state index contributed by atoms with van der Waals surface area (Å²) in [5, 5.41) is 169. The van der Waals surface area contributed by atoms with E-state index in [0.29, 0.717) is 0 Å². The number of carbonyl (C=O) groups is 1. The van der Waals surface area contributed by atoms with E-state index in [2.05, 4.69) is 5.32 Å². The number of amides is 1. The van der Waals surface area contributed by atoms with E-state index in [9.17, 15) is 86.5 Å². The van der Waals surface area contributed by atoms with E-state index >= 15 is 0 Å². The predicted octanol–water partition coefficient (Wildman–Crippen LogP) is -11.8. The molecule has 1 unspecified atom stereocenters. The highest BCUT2D eigenvalue weighted by Crippen LogP contribution is 2.34. The molecule has 0 saturated carbocycles. The summed E-state index contributed by atoms with van der Waals surface area (Å²) < 4.78 is 49.6. The van der Waals surface area contributed by atoms with E-state index < -0.39 is 192 Å². The van der Waals surface area contributed by atoms with Crippen molar-refractivity contribution in [3.63, 3.8) is 0 Å². The second-order valence-corrected chi connectivity index (χ2v) is 14.7. The van der Waals surface area contributed by atoms with Gasteiger partial charge in [-0.3, -0.25) is 4.79 Å². The molecule has 5 saturated heterocycles. The zero-order valence-corrected chi connectivity index (χ0v) is 31.2. The highest BCUT2D eigenvalue weighted by atomic mass is 16.8. The van der Waals surface area contributed by atoms with Gasteiger partial charge in [0, 0.05) is 6.92 Å². The van der Waals surface area contributed by atoms with Gasteiger partial charge in [-0.2, -0.15) is 0 Å². The molecule has 0 aromatic rings. The van der Waals surface area contributed by atoms with Gasteiger partial charge in [0.05, 0.1) is 33.0 Å². The van der Waals surface area contributed by atoms with Crippen LogP contribution >= 0.6 is 0 Å². The van der Waals surface area contributed by atoms with Crippen LogP contribution in [0.3, 0.4) is 0 Å². The second-order valence-electron chi connectivity index (χ2n) is 14.7. The van der Waals surface area contributed by atoms with Crippen molar-refractivity contribution < 1.29 is 129 Å². The van der Waals surface area contributed by atoms with Crippen molar-refractivity contribution in [3.05, 3.63) is 0 Å². The summed E-state index contributed by atoms with van der Waals surface area (Å²) in [6, 6.07) is -1.64. The van der Waals surface area contributed by atoms with Crippen LogP contribution in [0, 0.1) is 0 Å². The summed E-state index contributed by atoms with van der Waals surface area (Å²) in [7, 11) is 0. The average Bonchev–Trinajstić information content (AvgIpc) is 3.21. The van der Waals surface area contributed by atoms with Gasteiger partial charge < -0.3 is 130 Å². The zero-order chi connectivity index (χ0) is 43.6. The molecule has 0 radical (unpaired) electrons. The van der Waals surface area contributed by atoms with Gasteiger partial charge in [-0.25, -0.2) is 0 Å². The Labute approximate surface area is 333 Å². The van der Waals surface area contributed by atoms with Crippen LogP contribution < -0.4 is 5.32 Å². The molecule has 344 valence electrons. The molecule has 17 N–H and O–H groups in total. The summed E-state index contributed by atoms with van der Waals surface area (Å²) in [6.45, 7) is -3.21. The fourth-order valence-corrected chi connectivity index (χ4v) is 7.33. The summed E-state index contributed by atoms with van der Waals surface area (Å²) in [5.41, 5.74) is 0. The highest BCUT2D eigenvalue weighted by Gasteiger charge is 2.56. The quantitative estimate of drug-likeness (QED) is 0.0770. The van der Waals surface area contributed by atoms with Gasteiger partial charge in [-0.15, -0.1) is 0 Å². The van der Waals surface area contributed by atoms with Crippen LogP contribution in [-0.2, 0) is 47.4 Å². The van der Waals surface area contributed by atoms with Gasteiger partial charge >= 0.3 is 0 Å². The number of rotatable bonds is 14. The third kappa shape index (κ3) is 10.3. The van der Waals surface area contributed by atoms with E-state index in [0.717, 1.165) is 6.92 Å². The summed E-state index contributed by atoms with van der Waals surface area (Å²) in [6.07, 6.45) is -43.4. The van der Waals surface area contributed by atoms with Gasteiger partial charge in [0.2, 0.25) is 5.91 Å². The molecule has 5 heterocycles. The molecule has 27 nitrogen and oxygen atoms in total. The van der Waals surface area contributed by atoms with Gasteiger partial charge in [-0.05, 0) is 0 Å². The molecule has 5 fully saturated rings. The molecule has 5 aliphatic heterocycles. The fraction of sp³-hybridized carbons (Fsp3) is 0.969. The Balaban J connectivity index is 1.26. The number of aliphatic hydroxyl groups is 16. The summed E-state index contributed by atoms with van der Waals surface area (Å²) >= 11 is 0. The largest absolute Gasteiger partial charge is 0.394 e. The SMILES string of the molecule is CC(=O)N[C@H]1[C@H](O[C@H]2[C@H](O)[C@H](O)[C@@H](O[C@H]3[C@H](O)[C@@H](CO[C@H]4O[C@H](CO)[C@@H](O)[C@H](O)[C@@H]4O)OC(O)[C@H]3O)O[C@@H]2CO)O[C@H](CO)[C@@H](O[C@@H]2O[C@H](CO)[C@H](O)[C@H](O)[C@H]2O)[C@@H]1O. The van der Waals surface area contributed by atoms with Crippen molar-refractivity contribution in [1.82, 2.24) is 5.32 Å². The lowest BCUT2D eigenvalue weighted by atomic mass is 9.94. The number of hydrogen-bond acceptors (Lipinski definition) is 26. The molecule has 5 rings (SSSR count). The Kier molecular flexibility index (Phi) is 17.1. The average molecular weight is 870 g/mol. The molecule has 0 aromatic carbocycles. The molecule has 0 bridgehead atoms. The van der Waals surface area contributed by atoms with Gasteiger partial charge in [-0.1, -0.05) is 0 Å². The first kappa shape index (κ1) is 48.5. The van der Waals surface area contributed by atoms with Crippen LogP contribution in [0.2, 0.25) is 0 Å². The highest BCUT2D eigenvalue weighted by molar-refractivity contribution is 5.73. The lowest BCUT2D eigenvalue weighted by Crippen LogP contribution is -2.69.